The second-order valence-electron chi connectivity index (χ2n) is 5.80. The first kappa shape index (κ1) is 13.6. The van der Waals surface area contributed by atoms with Gasteiger partial charge in [0.25, 0.3) is 0 Å². The molecule has 1 fully saturated rings. The first-order valence-corrected chi connectivity index (χ1v) is 6.58. The van der Waals surface area contributed by atoms with Gasteiger partial charge in [0.05, 0.1) is 5.69 Å². The topological polar surface area (TPSA) is 54.5 Å². The van der Waals surface area contributed by atoms with Crippen molar-refractivity contribution in [1.82, 2.24) is 9.88 Å². The standard InChI is InChI=1S/C14H21N3O2/c1-14(2,3)19-13(18)17-8-6-12(10-17)16-11-5-4-7-15-9-11/h4-5,7,9,12,16H,6,8,10H2,1-3H3. The van der Waals surface area contributed by atoms with Crippen molar-refractivity contribution in [2.24, 2.45) is 0 Å². The predicted octanol–water partition coefficient (Wildman–Crippen LogP) is 2.50. The lowest BCUT2D eigenvalue weighted by Crippen LogP contribution is -2.36. The van der Waals surface area contributed by atoms with Gasteiger partial charge in [0.1, 0.15) is 5.60 Å². The Morgan fingerprint density at radius 3 is 2.95 bits per heavy atom. The van der Waals surface area contributed by atoms with Gasteiger partial charge < -0.3 is 15.0 Å². The molecule has 1 aromatic heterocycles. The van der Waals surface area contributed by atoms with Crippen molar-refractivity contribution in [1.29, 1.82) is 0 Å². The Morgan fingerprint density at radius 2 is 2.32 bits per heavy atom. The molecule has 0 bridgehead atoms. The summed E-state index contributed by atoms with van der Waals surface area (Å²) in [6.07, 6.45) is 4.22. The van der Waals surface area contributed by atoms with E-state index in [1.807, 2.05) is 32.9 Å². The van der Waals surface area contributed by atoms with Crippen LogP contribution in [0.15, 0.2) is 24.5 Å². The summed E-state index contributed by atoms with van der Waals surface area (Å²) in [6, 6.07) is 4.13. The lowest BCUT2D eigenvalue weighted by atomic mass is 10.2. The van der Waals surface area contributed by atoms with Gasteiger partial charge in [-0.25, -0.2) is 4.79 Å². The molecule has 1 amide bonds. The number of hydrogen-bond donors (Lipinski definition) is 1. The summed E-state index contributed by atoms with van der Waals surface area (Å²) >= 11 is 0. The molecule has 1 atom stereocenters. The molecular weight excluding hydrogens is 242 g/mol. The third-order valence-corrected chi connectivity index (χ3v) is 2.87. The van der Waals surface area contributed by atoms with E-state index in [0.717, 1.165) is 18.7 Å². The van der Waals surface area contributed by atoms with Gasteiger partial charge in [-0.2, -0.15) is 0 Å². The maximum atomic E-state index is 11.9. The summed E-state index contributed by atoms with van der Waals surface area (Å²) in [5, 5.41) is 3.38. The van der Waals surface area contributed by atoms with Crippen LogP contribution >= 0.6 is 0 Å². The largest absolute Gasteiger partial charge is 0.444 e. The molecule has 1 unspecified atom stereocenters. The number of nitrogens with one attached hydrogen (secondary N) is 1. The highest BCUT2D eigenvalue weighted by Crippen LogP contribution is 2.18. The fourth-order valence-corrected chi connectivity index (χ4v) is 2.05. The van der Waals surface area contributed by atoms with E-state index in [9.17, 15) is 4.79 Å². The van der Waals surface area contributed by atoms with E-state index < -0.39 is 5.60 Å². The Labute approximate surface area is 114 Å². The minimum Gasteiger partial charge on any atom is -0.444 e. The molecule has 0 radical (unpaired) electrons. The van der Waals surface area contributed by atoms with Crippen LogP contribution in [0.25, 0.3) is 0 Å². The second-order valence-corrected chi connectivity index (χ2v) is 5.80. The number of carbonyl (C=O) groups excluding carboxylic acids is 1. The molecule has 0 spiro atoms. The quantitative estimate of drug-likeness (QED) is 0.890. The molecule has 19 heavy (non-hydrogen) atoms. The molecule has 1 aliphatic rings. The van der Waals surface area contributed by atoms with Gasteiger partial charge in [0.2, 0.25) is 0 Å². The summed E-state index contributed by atoms with van der Waals surface area (Å²) in [5.41, 5.74) is 0.546. The normalized spacial score (nSPS) is 19.3. The molecule has 1 saturated heterocycles. The van der Waals surface area contributed by atoms with Crippen LogP contribution < -0.4 is 5.32 Å². The van der Waals surface area contributed by atoms with Crippen LogP contribution in [0, 0.1) is 0 Å². The summed E-state index contributed by atoms with van der Waals surface area (Å²) in [5.74, 6) is 0. The van der Waals surface area contributed by atoms with Crippen molar-refractivity contribution < 1.29 is 9.53 Å². The maximum Gasteiger partial charge on any atom is 0.410 e. The Hall–Kier alpha value is -1.78. The molecule has 5 nitrogen and oxygen atoms in total. The van der Waals surface area contributed by atoms with Gasteiger partial charge in [-0.1, -0.05) is 0 Å². The summed E-state index contributed by atoms with van der Waals surface area (Å²) in [4.78, 5) is 17.7. The van der Waals surface area contributed by atoms with E-state index in [0.29, 0.717) is 6.54 Å². The molecule has 0 aromatic carbocycles. The monoisotopic (exact) mass is 263 g/mol. The number of hydrogen-bond acceptors (Lipinski definition) is 4. The van der Waals surface area contributed by atoms with E-state index in [1.165, 1.54) is 0 Å². The fourth-order valence-electron chi connectivity index (χ4n) is 2.05. The maximum absolute atomic E-state index is 11.9. The van der Waals surface area contributed by atoms with Crippen molar-refractivity contribution in [3.63, 3.8) is 0 Å². The lowest BCUT2D eigenvalue weighted by molar-refractivity contribution is 0.0293. The number of pyridine rings is 1. The first-order valence-electron chi connectivity index (χ1n) is 6.58. The Balaban J connectivity index is 1.85. The van der Waals surface area contributed by atoms with Crippen molar-refractivity contribution in [2.45, 2.75) is 38.8 Å². The fraction of sp³-hybridized carbons (Fsp3) is 0.571. The van der Waals surface area contributed by atoms with E-state index >= 15 is 0 Å². The summed E-state index contributed by atoms with van der Waals surface area (Å²) in [7, 11) is 0. The number of aromatic nitrogens is 1. The molecule has 2 heterocycles. The highest BCUT2D eigenvalue weighted by Gasteiger charge is 2.29. The van der Waals surface area contributed by atoms with Gasteiger partial charge in [-0.05, 0) is 39.3 Å². The van der Waals surface area contributed by atoms with Crippen molar-refractivity contribution in [3.8, 4) is 0 Å². The van der Waals surface area contributed by atoms with E-state index in [4.69, 9.17) is 4.74 Å². The Morgan fingerprint density at radius 1 is 1.53 bits per heavy atom. The summed E-state index contributed by atoms with van der Waals surface area (Å²) in [6.45, 7) is 7.04. The molecule has 0 aliphatic carbocycles. The molecule has 1 N–H and O–H groups in total. The molecule has 1 aliphatic heterocycles. The number of amides is 1. The van der Waals surface area contributed by atoms with Gasteiger partial charge in [0.15, 0.2) is 0 Å². The molecule has 1 aromatic rings. The van der Waals surface area contributed by atoms with Crippen LogP contribution in [-0.2, 0) is 4.74 Å². The number of ether oxygens (including phenoxy) is 1. The van der Waals surface area contributed by atoms with Crippen LogP contribution in [0.5, 0.6) is 0 Å². The van der Waals surface area contributed by atoms with Gasteiger partial charge in [0, 0.05) is 31.5 Å². The SMILES string of the molecule is CC(C)(C)OC(=O)N1CCC(Nc2cccnc2)C1. The Kier molecular flexibility index (Phi) is 3.93. The Bertz CT molecular complexity index is 428. The van der Waals surface area contributed by atoms with Crippen molar-refractivity contribution >= 4 is 11.8 Å². The van der Waals surface area contributed by atoms with Crippen molar-refractivity contribution in [2.75, 3.05) is 18.4 Å². The van der Waals surface area contributed by atoms with E-state index in [2.05, 4.69) is 10.3 Å². The lowest BCUT2D eigenvalue weighted by Gasteiger charge is -2.24. The second kappa shape index (κ2) is 5.47. The third-order valence-electron chi connectivity index (χ3n) is 2.87. The third kappa shape index (κ3) is 4.12. The highest BCUT2D eigenvalue weighted by atomic mass is 16.6. The number of likely N-dealkylation sites (tertiary alicyclic amines) is 1. The number of nitrogens with zero attached hydrogens (tertiary/aromatic N) is 2. The van der Waals surface area contributed by atoms with Gasteiger partial charge in [-0.3, -0.25) is 4.98 Å². The average molecular weight is 263 g/mol. The summed E-state index contributed by atoms with van der Waals surface area (Å²) < 4.78 is 5.37. The zero-order valence-electron chi connectivity index (χ0n) is 11.7. The number of anilines is 1. The number of carbonyl (C=O) groups is 1. The highest BCUT2D eigenvalue weighted by molar-refractivity contribution is 5.68. The van der Waals surface area contributed by atoms with E-state index in [1.54, 1.807) is 17.3 Å². The van der Waals surface area contributed by atoms with Crippen LogP contribution in [-0.4, -0.2) is 40.7 Å². The van der Waals surface area contributed by atoms with Crippen LogP contribution in [0.4, 0.5) is 10.5 Å². The zero-order chi connectivity index (χ0) is 13.9. The molecule has 104 valence electrons. The van der Waals surface area contributed by atoms with Crippen LogP contribution in [0.3, 0.4) is 0 Å². The average Bonchev–Trinajstić information content (AvgIpc) is 2.77. The van der Waals surface area contributed by atoms with Gasteiger partial charge in [-0.15, -0.1) is 0 Å². The van der Waals surface area contributed by atoms with Crippen LogP contribution in [0.2, 0.25) is 0 Å². The predicted molar refractivity (Wildman–Crippen MR) is 74.1 cm³/mol. The smallest absolute Gasteiger partial charge is 0.410 e. The van der Waals surface area contributed by atoms with Gasteiger partial charge >= 0.3 is 6.09 Å². The van der Waals surface area contributed by atoms with E-state index in [-0.39, 0.29) is 12.1 Å². The minimum absolute atomic E-state index is 0.233. The zero-order valence-corrected chi connectivity index (χ0v) is 11.7. The molecule has 5 heteroatoms. The van der Waals surface area contributed by atoms with Crippen LogP contribution in [0.1, 0.15) is 27.2 Å². The molecule has 2 rings (SSSR count). The molecule has 0 saturated carbocycles. The first-order chi connectivity index (χ1) is 8.94. The van der Waals surface area contributed by atoms with Crippen molar-refractivity contribution in [3.05, 3.63) is 24.5 Å². The molecular formula is C14H21N3O2. The number of rotatable bonds is 2. The minimum atomic E-state index is -0.439.